The first kappa shape index (κ1) is 12.7. The van der Waals surface area contributed by atoms with Gasteiger partial charge < -0.3 is 10.8 Å². The monoisotopic (exact) mass is 273 g/mol. The highest BCUT2D eigenvalue weighted by Crippen LogP contribution is 2.44. The van der Waals surface area contributed by atoms with Crippen LogP contribution in [0.15, 0.2) is 48.5 Å². The molecular formula is C16H16ClNO. The number of halogens is 1. The van der Waals surface area contributed by atoms with E-state index in [4.69, 9.17) is 17.3 Å². The van der Waals surface area contributed by atoms with Crippen molar-refractivity contribution in [1.29, 1.82) is 0 Å². The second-order valence-electron chi connectivity index (χ2n) is 5.20. The Hall–Kier alpha value is -1.35. The predicted octanol–water partition coefficient (Wildman–Crippen LogP) is 3.17. The van der Waals surface area contributed by atoms with E-state index in [9.17, 15) is 5.11 Å². The molecule has 0 aliphatic heterocycles. The van der Waals surface area contributed by atoms with E-state index in [1.807, 2.05) is 48.5 Å². The molecule has 0 aromatic heterocycles. The van der Waals surface area contributed by atoms with Crippen molar-refractivity contribution in [2.75, 3.05) is 0 Å². The maximum atomic E-state index is 11.0. The highest BCUT2D eigenvalue weighted by Gasteiger charge is 2.40. The van der Waals surface area contributed by atoms with Crippen molar-refractivity contribution in [3.63, 3.8) is 0 Å². The molecule has 2 unspecified atom stereocenters. The Morgan fingerprint density at radius 2 is 1.84 bits per heavy atom. The van der Waals surface area contributed by atoms with Gasteiger partial charge in [0.1, 0.15) is 0 Å². The fourth-order valence-corrected chi connectivity index (χ4v) is 3.15. The number of aliphatic hydroxyl groups is 1. The molecule has 0 spiro atoms. The molecule has 98 valence electrons. The minimum atomic E-state index is -0.916. The Kier molecular flexibility index (Phi) is 3.09. The highest BCUT2D eigenvalue weighted by molar-refractivity contribution is 6.31. The molecule has 2 aromatic rings. The summed E-state index contributed by atoms with van der Waals surface area (Å²) in [7, 11) is 0. The highest BCUT2D eigenvalue weighted by atomic mass is 35.5. The molecule has 2 aromatic carbocycles. The summed E-state index contributed by atoms with van der Waals surface area (Å²) in [6.07, 6.45) is 1.04. The molecule has 3 heteroatoms. The molecular weight excluding hydrogens is 258 g/mol. The number of fused-ring (bicyclic) bond motifs is 1. The fourth-order valence-electron chi connectivity index (χ4n) is 2.95. The van der Waals surface area contributed by atoms with Crippen molar-refractivity contribution >= 4 is 11.6 Å². The minimum Gasteiger partial charge on any atom is -0.385 e. The number of rotatable bonds is 2. The van der Waals surface area contributed by atoms with E-state index >= 15 is 0 Å². The molecule has 0 amide bonds. The van der Waals surface area contributed by atoms with E-state index in [0.29, 0.717) is 17.9 Å². The van der Waals surface area contributed by atoms with Crippen molar-refractivity contribution < 1.29 is 5.11 Å². The lowest BCUT2D eigenvalue weighted by atomic mass is 9.88. The van der Waals surface area contributed by atoms with Gasteiger partial charge in [0, 0.05) is 17.5 Å². The molecule has 2 atom stereocenters. The van der Waals surface area contributed by atoms with Crippen molar-refractivity contribution in [3.05, 3.63) is 70.2 Å². The summed E-state index contributed by atoms with van der Waals surface area (Å²) in [6, 6.07) is 15.4. The van der Waals surface area contributed by atoms with Gasteiger partial charge in [-0.05, 0) is 29.2 Å². The van der Waals surface area contributed by atoms with Crippen molar-refractivity contribution in [2.24, 2.45) is 5.73 Å². The maximum Gasteiger partial charge on any atom is 0.0958 e. The summed E-state index contributed by atoms with van der Waals surface area (Å²) in [5, 5.41) is 11.6. The summed E-state index contributed by atoms with van der Waals surface area (Å²) in [4.78, 5) is 0. The van der Waals surface area contributed by atoms with E-state index in [1.165, 1.54) is 0 Å². The normalized spacial score (nSPS) is 25.3. The SMILES string of the molecule is NC1CC(O)(Cc2ccccc2Cl)c2ccccc21. The summed E-state index contributed by atoms with van der Waals surface area (Å²) in [6.45, 7) is 0. The van der Waals surface area contributed by atoms with Gasteiger partial charge in [-0.2, -0.15) is 0 Å². The van der Waals surface area contributed by atoms with Gasteiger partial charge in [0.2, 0.25) is 0 Å². The van der Waals surface area contributed by atoms with Crippen molar-refractivity contribution in [2.45, 2.75) is 24.5 Å². The zero-order valence-corrected chi connectivity index (χ0v) is 11.3. The molecule has 3 N–H and O–H groups in total. The second-order valence-corrected chi connectivity index (χ2v) is 5.60. The van der Waals surface area contributed by atoms with Crippen LogP contribution in [0.1, 0.15) is 29.2 Å². The maximum absolute atomic E-state index is 11.0. The average Bonchev–Trinajstić information content (AvgIpc) is 2.65. The molecule has 1 aliphatic rings. The van der Waals surface area contributed by atoms with Gasteiger partial charge in [0.25, 0.3) is 0 Å². The van der Waals surface area contributed by atoms with E-state index in [-0.39, 0.29) is 6.04 Å². The van der Waals surface area contributed by atoms with Crippen LogP contribution in [-0.2, 0) is 12.0 Å². The summed E-state index contributed by atoms with van der Waals surface area (Å²) < 4.78 is 0. The van der Waals surface area contributed by atoms with Gasteiger partial charge in [-0.1, -0.05) is 54.1 Å². The zero-order valence-electron chi connectivity index (χ0n) is 10.5. The number of nitrogens with two attached hydrogens (primary N) is 1. The second kappa shape index (κ2) is 4.64. The lowest BCUT2D eigenvalue weighted by Gasteiger charge is -2.24. The smallest absolute Gasteiger partial charge is 0.0958 e. The molecule has 3 rings (SSSR count). The van der Waals surface area contributed by atoms with Gasteiger partial charge >= 0.3 is 0 Å². The largest absolute Gasteiger partial charge is 0.385 e. The first-order valence-electron chi connectivity index (χ1n) is 6.41. The molecule has 0 saturated carbocycles. The van der Waals surface area contributed by atoms with Crippen LogP contribution >= 0.6 is 11.6 Å². The van der Waals surface area contributed by atoms with Gasteiger partial charge in [-0.3, -0.25) is 0 Å². The van der Waals surface area contributed by atoms with E-state index < -0.39 is 5.60 Å². The molecule has 0 saturated heterocycles. The first-order valence-corrected chi connectivity index (χ1v) is 6.79. The third kappa shape index (κ3) is 2.16. The Balaban J connectivity index is 2.00. The number of benzene rings is 2. The molecule has 2 nitrogen and oxygen atoms in total. The lowest BCUT2D eigenvalue weighted by Crippen LogP contribution is -2.26. The predicted molar refractivity (Wildman–Crippen MR) is 77.0 cm³/mol. The average molecular weight is 274 g/mol. The Morgan fingerprint density at radius 1 is 1.16 bits per heavy atom. The third-order valence-corrected chi connectivity index (χ3v) is 4.23. The fraction of sp³-hybridized carbons (Fsp3) is 0.250. The lowest BCUT2D eigenvalue weighted by molar-refractivity contribution is 0.0342. The van der Waals surface area contributed by atoms with E-state index in [1.54, 1.807) is 0 Å². The molecule has 1 aliphatic carbocycles. The van der Waals surface area contributed by atoms with Gasteiger partial charge in [-0.15, -0.1) is 0 Å². The van der Waals surface area contributed by atoms with Crippen molar-refractivity contribution in [1.82, 2.24) is 0 Å². The summed E-state index contributed by atoms with van der Waals surface area (Å²) in [5.74, 6) is 0. The Morgan fingerprint density at radius 3 is 2.63 bits per heavy atom. The topological polar surface area (TPSA) is 46.2 Å². The summed E-state index contributed by atoms with van der Waals surface area (Å²) >= 11 is 6.19. The molecule has 0 bridgehead atoms. The Labute approximate surface area is 117 Å². The van der Waals surface area contributed by atoms with Gasteiger partial charge in [-0.25, -0.2) is 0 Å². The number of hydrogen-bond donors (Lipinski definition) is 2. The van der Waals surface area contributed by atoms with Crippen LogP contribution in [0.25, 0.3) is 0 Å². The third-order valence-electron chi connectivity index (χ3n) is 3.86. The van der Waals surface area contributed by atoms with Crippen LogP contribution in [0.4, 0.5) is 0 Å². The van der Waals surface area contributed by atoms with Gasteiger partial charge in [0.05, 0.1) is 5.60 Å². The number of hydrogen-bond acceptors (Lipinski definition) is 2. The zero-order chi connectivity index (χ0) is 13.5. The standard InChI is InChI=1S/C16H16ClNO/c17-14-8-4-1-5-11(14)9-16(19)10-15(18)12-6-2-3-7-13(12)16/h1-8,15,19H,9-10,18H2. The van der Waals surface area contributed by atoms with Crippen LogP contribution in [0.3, 0.4) is 0 Å². The van der Waals surface area contributed by atoms with Gasteiger partial charge in [0.15, 0.2) is 0 Å². The molecule has 0 heterocycles. The van der Waals surface area contributed by atoms with Crippen LogP contribution in [0, 0.1) is 0 Å². The minimum absolute atomic E-state index is 0.108. The first-order chi connectivity index (χ1) is 9.10. The molecule has 0 radical (unpaired) electrons. The quantitative estimate of drug-likeness (QED) is 0.883. The van der Waals surface area contributed by atoms with Crippen molar-refractivity contribution in [3.8, 4) is 0 Å². The van der Waals surface area contributed by atoms with Crippen LogP contribution < -0.4 is 5.73 Å². The molecule has 0 fully saturated rings. The van der Waals surface area contributed by atoms with E-state index in [2.05, 4.69) is 0 Å². The van der Waals surface area contributed by atoms with E-state index in [0.717, 1.165) is 16.7 Å². The van der Waals surface area contributed by atoms with Crippen LogP contribution in [0.2, 0.25) is 5.02 Å². The van der Waals surface area contributed by atoms with Crippen LogP contribution in [-0.4, -0.2) is 5.11 Å². The summed E-state index contributed by atoms with van der Waals surface area (Å²) in [5.41, 5.74) is 8.13. The Bertz CT molecular complexity index is 613. The molecule has 19 heavy (non-hydrogen) atoms. The van der Waals surface area contributed by atoms with Crippen LogP contribution in [0.5, 0.6) is 0 Å².